The van der Waals surface area contributed by atoms with Crippen molar-refractivity contribution in [1.29, 1.82) is 0 Å². The summed E-state index contributed by atoms with van der Waals surface area (Å²) >= 11 is 7.74. The molecule has 9 heteroatoms. The molecule has 0 unspecified atom stereocenters. The van der Waals surface area contributed by atoms with Gasteiger partial charge in [0.1, 0.15) is 0 Å². The van der Waals surface area contributed by atoms with Crippen LogP contribution in [-0.4, -0.2) is 48.3 Å². The Morgan fingerprint density at radius 1 is 1.14 bits per heavy atom. The second-order valence-electron chi connectivity index (χ2n) is 7.72. The summed E-state index contributed by atoms with van der Waals surface area (Å²) in [5.74, 6) is 0.178. The quantitative estimate of drug-likeness (QED) is 0.701. The average molecular weight is 442 g/mol. The lowest BCUT2D eigenvalue weighted by Crippen LogP contribution is -2.34. The average Bonchev–Trinajstić information content (AvgIpc) is 2.98. The molecule has 2 fully saturated rings. The number of amidine groups is 1. The largest absolute Gasteiger partial charge is 0.349 e. The lowest BCUT2D eigenvalue weighted by atomic mass is 10.1. The minimum Gasteiger partial charge on any atom is -0.349 e. The third kappa shape index (κ3) is 4.66. The van der Waals surface area contributed by atoms with Crippen LogP contribution in [0.4, 0.5) is 5.69 Å². The summed E-state index contributed by atoms with van der Waals surface area (Å²) in [4.78, 5) is 17.2. The van der Waals surface area contributed by atoms with Crippen molar-refractivity contribution in [2.45, 2.75) is 55.9 Å². The van der Waals surface area contributed by atoms with Crippen molar-refractivity contribution < 1.29 is 13.2 Å². The highest BCUT2D eigenvalue weighted by Crippen LogP contribution is 2.35. The SMILES string of the molecule is O=C(NC1CCCCCC1)c1ccc(Cl)c(NC2=N[C@@H]3CS(=O)(=O)C[C@H]3S2)c1. The number of nitrogens with one attached hydrogen (secondary N) is 2. The molecule has 28 heavy (non-hydrogen) atoms. The van der Waals surface area contributed by atoms with E-state index in [9.17, 15) is 13.2 Å². The number of hydrogen-bond donors (Lipinski definition) is 2. The van der Waals surface area contributed by atoms with Crippen molar-refractivity contribution in [2.24, 2.45) is 4.99 Å². The number of benzene rings is 1. The van der Waals surface area contributed by atoms with E-state index in [2.05, 4.69) is 15.6 Å². The van der Waals surface area contributed by atoms with Gasteiger partial charge in [-0.2, -0.15) is 0 Å². The van der Waals surface area contributed by atoms with E-state index in [1.54, 1.807) is 18.2 Å². The van der Waals surface area contributed by atoms with Crippen LogP contribution in [0.5, 0.6) is 0 Å². The standard InChI is InChI=1S/C19H24ClN3O3S2/c20-14-8-7-12(18(24)21-13-5-3-1-2-4-6-13)9-15(14)22-19-23-16-10-28(25,26)11-17(16)27-19/h7-9,13,16-17H,1-6,10-11H2,(H,21,24)(H,22,23)/t16-,17-/m1/s1. The fourth-order valence-electron chi connectivity index (χ4n) is 3.99. The molecule has 0 aromatic heterocycles. The molecular weight excluding hydrogens is 418 g/mol. The van der Waals surface area contributed by atoms with Crippen LogP contribution < -0.4 is 10.6 Å². The summed E-state index contributed by atoms with van der Waals surface area (Å²) in [6.07, 6.45) is 6.86. The molecule has 1 aromatic rings. The maximum Gasteiger partial charge on any atom is 0.251 e. The number of aliphatic imine (C=N–C) groups is 1. The van der Waals surface area contributed by atoms with Crippen LogP contribution >= 0.6 is 23.4 Å². The molecule has 1 saturated carbocycles. The smallest absolute Gasteiger partial charge is 0.251 e. The zero-order valence-corrected chi connectivity index (χ0v) is 17.9. The van der Waals surface area contributed by atoms with Crippen LogP contribution in [0.15, 0.2) is 23.2 Å². The highest BCUT2D eigenvalue weighted by molar-refractivity contribution is 8.15. The summed E-state index contributed by atoms with van der Waals surface area (Å²) in [7, 11) is -2.98. The number of sulfone groups is 1. The van der Waals surface area contributed by atoms with Gasteiger partial charge in [0.2, 0.25) is 0 Å². The molecule has 0 radical (unpaired) electrons. The predicted octanol–water partition coefficient (Wildman–Crippen LogP) is 3.47. The van der Waals surface area contributed by atoms with Crippen LogP contribution in [-0.2, 0) is 9.84 Å². The molecule has 1 aliphatic carbocycles. The molecule has 4 rings (SSSR count). The van der Waals surface area contributed by atoms with Crippen molar-refractivity contribution in [3.63, 3.8) is 0 Å². The topological polar surface area (TPSA) is 87.6 Å². The Morgan fingerprint density at radius 3 is 2.61 bits per heavy atom. The molecule has 2 heterocycles. The van der Waals surface area contributed by atoms with Gasteiger partial charge in [0, 0.05) is 16.9 Å². The first-order valence-corrected chi connectivity index (χ1v) is 12.8. The molecule has 0 spiro atoms. The highest BCUT2D eigenvalue weighted by Gasteiger charge is 2.42. The van der Waals surface area contributed by atoms with Gasteiger partial charge in [0.25, 0.3) is 5.91 Å². The molecule has 1 amide bonds. The van der Waals surface area contributed by atoms with Gasteiger partial charge in [-0.25, -0.2) is 8.42 Å². The van der Waals surface area contributed by atoms with Crippen molar-refractivity contribution in [3.8, 4) is 0 Å². The first-order valence-electron chi connectivity index (χ1n) is 9.72. The minimum absolute atomic E-state index is 0.0343. The Morgan fingerprint density at radius 2 is 1.89 bits per heavy atom. The number of thioether (sulfide) groups is 1. The van der Waals surface area contributed by atoms with Gasteiger partial charge in [-0.15, -0.1) is 0 Å². The van der Waals surface area contributed by atoms with Crippen LogP contribution in [0.2, 0.25) is 5.02 Å². The second kappa shape index (κ2) is 8.24. The number of anilines is 1. The maximum atomic E-state index is 12.7. The van der Waals surface area contributed by atoms with Gasteiger partial charge in [-0.05, 0) is 31.0 Å². The number of nitrogens with zero attached hydrogens (tertiary/aromatic N) is 1. The summed E-state index contributed by atoms with van der Waals surface area (Å²) in [5.41, 5.74) is 1.17. The third-order valence-corrected chi connectivity index (χ3v) is 8.95. The number of halogens is 1. The second-order valence-corrected chi connectivity index (χ2v) is 11.5. The Labute approximate surface area is 174 Å². The Kier molecular flexibility index (Phi) is 5.90. The van der Waals surface area contributed by atoms with Crippen molar-refractivity contribution >= 4 is 50.0 Å². The summed E-state index contributed by atoms with van der Waals surface area (Å²) in [5, 5.41) is 7.45. The predicted molar refractivity (Wildman–Crippen MR) is 115 cm³/mol. The summed E-state index contributed by atoms with van der Waals surface area (Å²) in [6.45, 7) is 0. The summed E-state index contributed by atoms with van der Waals surface area (Å²) in [6, 6.07) is 5.21. The van der Waals surface area contributed by atoms with Crippen LogP contribution in [0.1, 0.15) is 48.9 Å². The highest BCUT2D eigenvalue weighted by atomic mass is 35.5. The number of hydrogen-bond acceptors (Lipinski definition) is 6. The van der Waals surface area contributed by atoms with E-state index in [0.717, 1.165) is 25.7 Å². The molecule has 152 valence electrons. The van der Waals surface area contributed by atoms with E-state index in [0.29, 0.717) is 21.4 Å². The van der Waals surface area contributed by atoms with E-state index < -0.39 is 9.84 Å². The van der Waals surface area contributed by atoms with Crippen molar-refractivity contribution in [2.75, 3.05) is 16.8 Å². The number of fused-ring (bicyclic) bond motifs is 1. The zero-order chi connectivity index (χ0) is 19.7. The van der Waals surface area contributed by atoms with Gasteiger partial charge in [-0.1, -0.05) is 49.0 Å². The first kappa shape index (κ1) is 20.0. The van der Waals surface area contributed by atoms with E-state index >= 15 is 0 Å². The van der Waals surface area contributed by atoms with Crippen LogP contribution in [0.25, 0.3) is 0 Å². The minimum atomic E-state index is -2.98. The van der Waals surface area contributed by atoms with Crippen LogP contribution in [0.3, 0.4) is 0 Å². The molecule has 0 bridgehead atoms. The normalized spacial score (nSPS) is 27.0. The Hall–Kier alpha value is -1.25. The van der Waals surface area contributed by atoms with Crippen molar-refractivity contribution in [1.82, 2.24) is 5.32 Å². The molecule has 2 atom stereocenters. The Bertz CT molecular complexity index is 896. The first-order chi connectivity index (χ1) is 13.4. The summed E-state index contributed by atoms with van der Waals surface area (Å²) < 4.78 is 23.4. The van der Waals surface area contributed by atoms with Gasteiger partial charge in [0.15, 0.2) is 15.0 Å². The van der Waals surface area contributed by atoms with Gasteiger partial charge >= 0.3 is 0 Å². The van der Waals surface area contributed by atoms with Gasteiger partial charge in [-0.3, -0.25) is 9.79 Å². The van der Waals surface area contributed by atoms with Gasteiger partial charge < -0.3 is 10.6 Å². The lowest BCUT2D eigenvalue weighted by Gasteiger charge is -2.17. The fraction of sp³-hybridized carbons (Fsp3) is 0.579. The molecule has 1 saturated heterocycles. The molecule has 6 nitrogen and oxygen atoms in total. The molecule has 3 aliphatic rings. The number of rotatable bonds is 3. The monoisotopic (exact) mass is 441 g/mol. The number of carbonyl (C=O) groups is 1. The van der Waals surface area contributed by atoms with E-state index in [4.69, 9.17) is 11.6 Å². The van der Waals surface area contributed by atoms with E-state index in [-0.39, 0.29) is 34.7 Å². The molecular formula is C19H24ClN3O3S2. The Balaban J connectivity index is 1.43. The maximum absolute atomic E-state index is 12.7. The molecule has 2 N–H and O–H groups in total. The molecule has 1 aromatic carbocycles. The van der Waals surface area contributed by atoms with Gasteiger partial charge in [0.05, 0.1) is 28.3 Å². The third-order valence-electron chi connectivity index (χ3n) is 5.48. The van der Waals surface area contributed by atoms with E-state index in [1.165, 1.54) is 24.6 Å². The lowest BCUT2D eigenvalue weighted by molar-refractivity contribution is 0.0933. The molecule has 2 aliphatic heterocycles. The zero-order valence-electron chi connectivity index (χ0n) is 15.5. The number of amides is 1. The van der Waals surface area contributed by atoms with Crippen molar-refractivity contribution in [3.05, 3.63) is 28.8 Å². The van der Waals surface area contributed by atoms with E-state index in [1.807, 2.05) is 0 Å². The van der Waals surface area contributed by atoms with Crippen LogP contribution in [0, 0.1) is 0 Å². The number of carbonyl (C=O) groups excluding carboxylic acids is 1. The fourth-order valence-corrected chi connectivity index (χ4v) is 7.82.